The molecule has 0 heterocycles. The molecule has 4 heteroatoms. The third-order valence-corrected chi connectivity index (χ3v) is 2.59. The number of quaternary nitrogens is 1. The fourth-order valence-electron chi connectivity index (χ4n) is 1.44. The lowest BCUT2D eigenvalue weighted by atomic mass is 10.3. The summed E-state index contributed by atoms with van der Waals surface area (Å²) in [6.07, 6.45) is -0.0139. The van der Waals surface area contributed by atoms with E-state index in [4.69, 9.17) is 0 Å². The molecular weight excluding hydrogens is 180 g/mol. The van der Waals surface area contributed by atoms with Crippen molar-refractivity contribution < 1.29 is 14.2 Å². The van der Waals surface area contributed by atoms with Crippen molar-refractivity contribution in [1.29, 1.82) is 0 Å². The summed E-state index contributed by atoms with van der Waals surface area (Å²) in [6, 6.07) is 0. The van der Waals surface area contributed by atoms with Crippen LogP contribution in [0.25, 0.3) is 0 Å². The first kappa shape index (κ1) is 13.1. The lowest BCUT2D eigenvalue weighted by Gasteiger charge is -2.34. The van der Waals surface area contributed by atoms with E-state index >= 15 is 0 Å². The maximum absolute atomic E-state index is 11.4. The number of carbonyl (C=O) groups is 2. The zero-order valence-electron chi connectivity index (χ0n) is 9.59. The van der Waals surface area contributed by atoms with Crippen LogP contribution < -0.4 is 5.43 Å². The third-order valence-electron chi connectivity index (χ3n) is 2.59. The Kier molecular flexibility index (Phi) is 5.38. The smallest absolute Gasteiger partial charge is 0.272 e. The van der Waals surface area contributed by atoms with Crippen molar-refractivity contribution in [2.45, 2.75) is 34.1 Å². The van der Waals surface area contributed by atoms with Crippen LogP contribution >= 0.6 is 0 Å². The van der Waals surface area contributed by atoms with Crippen LogP contribution in [0.2, 0.25) is 0 Å². The minimum absolute atomic E-state index is 0.0139. The zero-order valence-corrected chi connectivity index (χ0v) is 9.59. The molecule has 0 aromatic heterocycles. The zero-order chi connectivity index (χ0) is 11.2. The molecule has 0 unspecified atom stereocenters. The van der Waals surface area contributed by atoms with Gasteiger partial charge >= 0.3 is 0 Å². The van der Waals surface area contributed by atoms with E-state index in [9.17, 15) is 9.59 Å². The van der Waals surface area contributed by atoms with Gasteiger partial charge < -0.3 is 0 Å². The van der Waals surface area contributed by atoms with Crippen LogP contribution in [0, 0.1) is 0 Å². The van der Waals surface area contributed by atoms with Gasteiger partial charge in [-0.1, -0.05) is 0 Å². The number of hydrogen-bond donors (Lipinski definition) is 1. The van der Waals surface area contributed by atoms with E-state index in [1.54, 1.807) is 0 Å². The minimum atomic E-state index is -0.178. The van der Waals surface area contributed by atoms with Crippen molar-refractivity contribution in [2.24, 2.45) is 0 Å². The molecule has 0 aliphatic heterocycles. The van der Waals surface area contributed by atoms with Gasteiger partial charge in [-0.3, -0.25) is 9.59 Å². The molecule has 0 aliphatic carbocycles. The Hall–Kier alpha value is -0.900. The van der Waals surface area contributed by atoms with Gasteiger partial charge in [0.05, 0.1) is 26.1 Å². The second-order valence-corrected chi connectivity index (χ2v) is 3.51. The molecule has 0 bridgehead atoms. The highest BCUT2D eigenvalue weighted by Crippen LogP contribution is 2.01. The maximum Gasteiger partial charge on any atom is 0.272 e. The number of carbonyl (C=O) groups excluding carboxylic acids is 2. The molecule has 4 nitrogen and oxygen atoms in total. The number of rotatable bonds is 6. The standard InChI is InChI=1S/C10H20N2O2/c1-5-12(6-2,7-3)11-10(14)8-9(4)13/h5-8H2,1-4H3/p+1. The lowest BCUT2D eigenvalue weighted by molar-refractivity contribution is -0.956. The van der Waals surface area contributed by atoms with E-state index in [1.807, 2.05) is 20.8 Å². The van der Waals surface area contributed by atoms with Crippen molar-refractivity contribution in [1.82, 2.24) is 5.43 Å². The molecule has 82 valence electrons. The van der Waals surface area contributed by atoms with Crippen molar-refractivity contribution in [3.8, 4) is 0 Å². The second kappa shape index (κ2) is 5.75. The lowest BCUT2D eigenvalue weighted by Crippen LogP contribution is -2.60. The van der Waals surface area contributed by atoms with Gasteiger partial charge in [0.15, 0.2) is 0 Å². The fourth-order valence-corrected chi connectivity index (χ4v) is 1.44. The van der Waals surface area contributed by atoms with Crippen LogP contribution in [0.4, 0.5) is 0 Å². The molecule has 14 heavy (non-hydrogen) atoms. The number of nitrogens with one attached hydrogen (secondary N) is 1. The molecule has 0 rings (SSSR count). The van der Waals surface area contributed by atoms with E-state index in [1.165, 1.54) is 6.92 Å². The van der Waals surface area contributed by atoms with Gasteiger partial charge in [-0.05, 0) is 27.7 Å². The average molecular weight is 201 g/mol. The number of ketones is 1. The summed E-state index contributed by atoms with van der Waals surface area (Å²) in [4.78, 5) is 22.1. The Bertz CT molecular complexity index is 202. The maximum atomic E-state index is 11.4. The van der Waals surface area contributed by atoms with Crippen molar-refractivity contribution in [3.63, 3.8) is 0 Å². The molecule has 0 aromatic rings. The van der Waals surface area contributed by atoms with E-state index in [2.05, 4.69) is 5.43 Å². The Morgan fingerprint density at radius 3 is 1.79 bits per heavy atom. The number of hydrogen-bond acceptors (Lipinski definition) is 2. The van der Waals surface area contributed by atoms with E-state index in [0.29, 0.717) is 4.59 Å². The average Bonchev–Trinajstić information content (AvgIpc) is 2.13. The second-order valence-electron chi connectivity index (χ2n) is 3.51. The molecule has 0 aliphatic rings. The normalized spacial score (nSPS) is 11.1. The van der Waals surface area contributed by atoms with Gasteiger partial charge in [-0.2, -0.15) is 0 Å². The van der Waals surface area contributed by atoms with Gasteiger partial charge in [0.25, 0.3) is 5.91 Å². The summed E-state index contributed by atoms with van der Waals surface area (Å²) in [5.74, 6) is -0.271. The highest BCUT2D eigenvalue weighted by molar-refractivity contribution is 5.96. The summed E-state index contributed by atoms with van der Waals surface area (Å²) < 4.78 is 0.548. The summed E-state index contributed by atoms with van der Waals surface area (Å²) in [5.41, 5.74) is 2.89. The summed E-state index contributed by atoms with van der Waals surface area (Å²) in [5, 5.41) is 0. The molecule has 0 saturated carbocycles. The predicted octanol–water partition coefficient (Wildman–Crippen LogP) is 0.873. The van der Waals surface area contributed by atoms with Crippen LogP contribution in [0.5, 0.6) is 0 Å². The van der Waals surface area contributed by atoms with E-state index < -0.39 is 0 Å². The topological polar surface area (TPSA) is 46.2 Å². The summed E-state index contributed by atoms with van der Waals surface area (Å²) in [7, 11) is 0. The van der Waals surface area contributed by atoms with E-state index in [-0.39, 0.29) is 18.1 Å². The Morgan fingerprint density at radius 1 is 1.07 bits per heavy atom. The highest BCUT2D eigenvalue weighted by atomic mass is 16.2. The van der Waals surface area contributed by atoms with Crippen molar-refractivity contribution >= 4 is 11.7 Å². The Morgan fingerprint density at radius 2 is 1.50 bits per heavy atom. The number of Topliss-reactive ketones (excluding diaryl/α,β-unsaturated/α-hetero) is 1. The van der Waals surface area contributed by atoms with Gasteiger partial charge in [0.2, 0.25) is 0 Å². The first-order valence-corrected chi connectivity index (χ1v) is 5.16. The van der Waals surface area contributed by atoms with Crippen LogP contribution in [-0.4, -0.2) is 35.9 Å². The third kappa shape index (κ3) is 3.87. The quantitative estimate of drug-likeness (QED) is 0.394. The van der Waals surface area contributed by atoms with Gasteiger partial charge in [-0.15, -0.1) is 0 Å². The molecule has 0 atom stereocenters. The van der Waals surface area contributed by atoms with Crippen molar-refractivity contribution in [3.05, 3.63) is 0 Å². The van der Waals surface area contributed by atoms with E-state index in [0.717, 1.165) is 19.6 Å². The van der Waals surface area contributed by atoms with Gasteiger partial charge in [0, 0.05) is 0 Å². The highest BCUT2D eigenvalue weighted by Gasteiger charge is 2.24. The molecule has 0 aromatic carbocycles. The molecule has 0 radical (unpaired) electrons. The molecular formula is C10H21N2O2+. The Labute approximate surface area is 85.8 Å². The van der Waals surface area contributed by atoms with Crippen LogP contribution in [0.15, 0.2) is 0 Å². The largest absolute Gasteiger partial charge is 0.299 e. The van der Waals surface area contributed by atoms with Crippen LogP contribution in [0.3, 0.4) is 0 Å². The Balaban J connectivity index is 4.29. The van der Waals surface area contributed by atoms with Crippen LogP contribution in [-0.2, 0) is 9.59 Å². The molecule has 0 fully saturated rings. The number of nitrogens with zero attached hydrogens (tertiary/aromatic N) is 1. The number of amides is 1. The monoisotopic (exact) mass is 201 g/mol. The molecule has 0 spiro atoms. The molecule has 1 N–H and O–H groups in total. The summed E-state index contributed by atoms with van der Waals surface area (Å²) >= 11 is 0. The van der Waals surface area contributed by atoms with Gasteiger partial charge in [-0.25, -0.2) is 10.0 Å². The van der Waals surface area contributed by atoms with Gasteiger partial charge in [0.1, 0.15) is 5.78 Å². The fraction of sp³-hybridized carbons (Fsp3) is 0.800. The molecule has 1 amide bonds. The SMILES string of the molecule is CC[N+](CC)(CC)NC(=O)CC(C)=O. The van der Waals surface area contributed by atoms with Crippen molar-refractivity contribution in [2.75, 3.05) is 19.6 Å². The first-order chi connectivity index (χ1) is 6.49. The minimum Gasteiger partial charge on any atom is -0.299 e. The molecule has 0 saturated heterocycles. The summed E-state index contributed by atoms with van der Waals surface area (Å²) in [6.45, 7) is 10.0. The first-order valence-electron chi connectivity index (χ1n) is 5.16. The van der Waals surface area contributed by atoms with Crippen LogP contribution in [0.1, 0.15) is 34.1 Å². The predicted molar refractivity (Wildman–Crippen MR) is 55.3 cm³/mol.